The van der Waals surface area contributed by atoms with Gasteiger partial charge in [0.25, 0.3) is 15.9 Å². The molecule has 1 saturated carbocycles. The molecule has 0 unspecified atom stereocenters. The van der Waals surface area contributed by atoms with Crippen LogP contribution in [0.25, 0.3) is 0 Å². The largest absolute Gasteiger partial charge is 0.351 e. The number of amides is 1. The third kappa shape index (κ3) is 5.03. The van der Waals surface area contributed by atoms with E-state index in [9.17, 15) is 13.2 Å². The van der Waals surface area contributed by atoms with Crippen molar-refractivity contribution in [1.82, 2.24) is 9.62 Å². The molecule has 2 N–H and O–H groups in total. The Bertz CT molecular complexity index is 647. The van der Waals surface area contributed by atoms with Crippen LogP contribution in [0.4, 0.5) is 0 Å². The Kier molecular flexibility index (Phi) is 6.49. The Morgan fingerprint density at radius 3 is 2.60 bits per heavy atom. The molecule has 0 aromatic carbocycles. The van der Waals surface area contributed by atoms with E-state index < -0.39 is 10.0 Å². The zero-order valence-electron chi connectivity index (χ0n) is 14.6. The van der Waals surface area contributed by atoms with Crippen LogP contribution in [-0.4, -0.2) is 57.9 Å². The van der Waals surface area contributed by atoms with Gasteiger partial charge in [0.1, 0.15) is 4.21 Å². The Hall–Kier alpha value is -0.960. The smallest absolute Gasteiger partial charge is 0.275 e. The highest BCUT2D eigenvalue weighted by Crippen LogP contribution is 2.22. The highest BCUT2D eigenvalue weighted by molar-refractivity contribution is 7.91. The van der Waals surface area contributed by atoms with Crippen molar-refractivity contribution in [1.29, 1.82) is 0 Å². The summed E-state index contributed by atoms with van der Waals surface area (Å²) in [6, 6.07) is 3.41. The molecule has 0 spiro atoms. The van der Waals surface area contributed by atoms with Crippen molar-refractivity contribution >= 4 is 27.3 Å². The Labute approximate surface area is 154 Å². The van der Waals surface area contributed by atoms with Gasteiger partial charge in [-0.25, -0.2) is 8.42 Å². The number of rotatable bonds is 6. The van der Waals surface area contributed by atoms with Gasteiger partial charge in [0, 0.05) is 6.54 Å². The molecule has 140 valence electrons. The second-order valence-corrected chi connectivity index (χ2v) is 10.2. The van der Waals surface area contributed by atoms with E-state index in [-0.39, 0.29) is 5.91 Å². The number of carbonyl (C=O) groups is 1. The van der Waals surface area contributed by atoms with Crippen LogP contribution in [0.15, 0.2) is 21.7 Å². The summed E-state index contributed by atoms with van der Waals surface area (Å²) < 4.78 is 27.0. The monoisotopic (exact) mass is 386 g/mol. The topological polar surface area (TPSA) is 70.9 Å². The summed E-state index contributed by atoms with van der Waals surface area (Å²) >= 11 is 1.25. The van der Waals surface area contributed by atoms with Crippen LogP contribution in [0.1, 0.15) is 32.1 Å². The number of nitrogens with zero attached hydrogens (tertiary/aromatic N) is 1. The van der Waals surface area contributed by atoms with E-state index in [0.717, 1.165) is 6.54 Å². The lowest BCUT2D eigenvalue weighted by Gasteiger charge is -2.31. The molecule has 0 radical (unpaired) electrons. The first-order valence-corrected chi connectivity index (χ1v) is 11.5. The molecule has 25 heavy (non-hydrogen) atoms. The predicted molar refractivity (Wildman–Crippen MR) is 98.2 cm³/mol. The van der Waals surface area contributed by atoms with Crippen molar-refractivity contribution < 1.29 is 18.1 Å². The first-order valence-electron chi connectivity index (χ1n) is 9.19. The SMILES string of the molecule is O=C(C[NH+]1CCN(S(=O)(=O)c2cccs2)CC1)NCC1CCCCC1. The molecule has 6 nitrogen and oxygen atoms in total. The second-order valence-electron chi connectivity index (χ2n) is 7.07. The first-order chi connectivity index (χ1) is 12.1. The van der Waals surface area contributed by atoms with E-state index in [1.165, 1.54) is 48.3 Å². The van der Waals surface area contributed by atoms with Crippen LogP contribution in [-0.2, 0) is 14.8 Å². The normalized spacial score (nSPS) is 21.3. The van der Waals surface area contributed by atoms with E-state index >= 15 is 0 Å². The van der Waals surface area contributed by atoms with Gasteiger partial charge in [0.15, 0.2) is 6.54 Å². The van der Waals surface area contributed by atoms with Crippen molar-refractivity contribution in [3.05, 3.63) is 17.5 Å². The molecular weight excluding hydrogens is 358 g/mol. The summed E-state index contributed by atoms with van der Waals surface area (Å²) in [5, 5.41) is 4.86. The molecule has 0 bridgehead atoms. The molecule has 1 aliphatic heterocycles. The predicted octanol–water partition coefficient (Wildman–Crippen LogP) is 0.334. The average molecular weight is 387 g/mol. The number of piperazine rings is 1. The molecule has 2 fully saturated rings. The maximum atomic E-state index is 12.5. The fourth-order valence-electron chi connectivity index (χ4n) is 3.70. The minimum absolute atomic E-state index is 0.0927. The number of nitrogens with one attached hydrogen (secondary N) is 2. The summed E-state index contributed by atoms with van der Waals surface area (Å²) in [5.41, 5.74) is 0. The van der Waals surface area contributed by atoms with Gasteiger partial charge in [-0.3, -0.25) is 4.79 Å². The van der Waals surface area contributed by atoms with Crippen LogP contribution >= 0.6 is 11.3 Å². The lowest BCUT2D eigenvalue weighted by molar-refractivity contribution is -0.895. The van der Waals surface area contributed by atoms with Gasteiger partial charge in [0.2, 0.25) is 0 Å². The van der Waals surface area contributed by atoms with Crippen LogP contribution in [0.5, 0.6) is 0 Å². The standard InChI is InChI=1S/C17H27N3O3S2/c21-16(18-13-15-5-2-1-3-6-15)14-19-8-10-20(11-9-19)25(22,23)17-7-4-12-24-17/h4,7,12,15H,1-3,5-6,8-11,13-14H2,(H,18,21)/p+1. The zero-order chi connectivity index (χ0) is 17.7. The summed E-state index contributed by atoms with van der Waals surface area (Å²) in [4.78, 5) is 13.3. The Morgan fingerprint density at radius 1 is 1.24 bits per heavy atom. The van der Waals surface area contributed by atoms with Gasteiger partial charge in [-0.1, -0.05) is 25.3 Å². The zero-order valence-corrected chi connectivity index (χ0v) is 16.2. The van der Waals surface area contributed by atoms with E-state index in [2.05, 4.69) is 5.32 Å². The van der Waals surface area contributed by atoms with Crippen molar-refractivity contribution in [2.24, 2.45) is 5.92 Å². The molecule has 1 aliphatic carbocycles. The van der Waals surface area contributed by atoms with Gasteiger partial charge in [-0.2, -0.15) is 4.31 Å². The molecule has 3 rings (SSSR count). The first kappa shape index (κ1) is 18.8. The van der Waals surface area contributed by atoms with Crippen LogP contribution < -0.4 is 10.2 Å². The van der Waals surface area contributed by atoms with Gasteiger partial charge < -0.3 is 10.2 Å². The highest BCUT2D eigenvalue weighted by Gasteiger charge is 2.31. The van der Waals surface area contributed by atoms with Gasteiger partial charge in [-0.15, -0.1) is 11.3 Å². The maximum absolute atomic E-state index is 12.5. The quantitative estimate of drug-likeness (QED) is 0.740. The maximum Gasteiger partial charge on any atom is 0.275 e. The fourth-order valence-corrected chi connectivity index (χ4v) is 6.28. The van der Waals surface area contributed by atoms with Gasteiger partial charge >= 0.3 is 0 Å². The van der Waals surface area contributed by atoms with Crippen molar-refractivity contribution in [3.63, 3.8) is 0 Å². The third-order valence-corrected chi connectivity index (χ3v) is 8.51. The number of thiophene rings is 1. The highest BCUT2D eigenvalue weighted by atomic mass is 32.2. The van der Waals surface area contributed by atoms with Crippen LogP contribution in [0.2, 0.25) is 0 Å². The lowest BCUT2D eigenvalue weighted by Crippen LogP contribution is -3.15. The van der Waals surface area contributed by atoms with Crippen LogP contribution in [0, 0.1) is 5.92 Å². The lowest BCUT2D eigenvalue weighted by atomic mass is 9.89. The summed E-state index contributed by atoms with van der Waals surface area (Å²) in [5.74, 6) is 0.732. The van der Waals surface area contributed by atoms with Gasteiger partial charge in [-0.05, 0) is 30.2 Å². The van der Waals surface area contributed by atoms with Gasteiger partial charge in [0.05, 0.1) is 26.2 Å². The Morgan fingerprint density at radius 2 is 1.96 bits per heavy atom. The van der Waals surface area contributed by atoms with E-state index in [1.54, 1.807) is 21.8 Å². The molecule has 2 heterocycles. The number of hydrogen-bond acceptors (Lipinski definition) is 4. The summed E-state index contributed by atoms with van der Waals surface area (Å²) in [7, 11) is -3.36. The third-order valence-electron chi connectivity index (χ3n) is 5.24. The fraction of sp³-hybridized carbons (Fsp3) is 0.706. The minimum Gasteiger partial charge on any atom is -0.351 e. The number of quaternary nitrogens is 1. The molecule has 1 saturated heterocycles. The number of hydrogen-bond donors (Lipinski definition) is 2. The molecule has 0 atom stereocenters. The summed E-state index contributed by atoms with van der Waals surface area (Å²) in [6.07, 6.45) is 6.35. The number of carbonyl (C=O) groups excluding carboxylic acids is 1. The molecule has 1 aromatic heterocycles. The number of sulfonamides is 1. The van der Waals surface area contributed by atoms with Crippen molar-refractivity contribution in [2.45, 2.75) is 36.3 Å². The van der Waals surface area contributed by atoms with Crippen molar-refractivity contribution in [2.75, 3.05) is 39.3 Å². The molecule has 1 aromatic rings. The molecule has 8 heteroatoms. The van der Waals surface area contributed by atoms with E-state index in [4.69, 9.17) is 0 Å². The Balaban J connectivity index is 1.41. The molecule has 2 aliphatic rings. The van der Waals surface area contributed by atoms with Crippen molar-refractivity contribution in [3.8, 4) is 0 Å². The molecular formula is C17H28N3O3S2+. The van der Waals surface area contributed by atoms with Crippen LogP contribution in [0.3, 0.4) is 0 Å². The molecule has 1 amide bonds. The summed E-state index contributed by atoms with van der Waals surface area (Å²) in [6.45, 7) is 3.56. The minimum atomic E-state index is -3.36. The van der Waals surface area contributed by atoms with E-state index in [1.807, 2.05) is 0 Å². The van der Waals surface area contributed by atoms with E-state index in [0.29, 0.717) is 42.9 Å². The second kappa shape index (κ2) is 8.62. The average Bonchev–Trinajstić information content (AvgIpc) is 3.17.